The van der Waals surface area contributed by atoms with Crippen molar-refractivity contribution in [2.75, 3.05) is 6.54 Å². The molecule has 4 aromatic rings. The molecule has 3 heterocycles. The quantitative estimate of drug-likeness (QED) is 0.444. The summed E-state index contributed by atoms with van der Waals surface area (Å²) in [7, 11) is 0. The van der Waals surface area contributed by atoms with Crippen molar-refractivity contribution in [1.29, 1.82) is 0 Å². The van der Waals surface area contributed by atoms with Gasteiger partial charge in [-0.25, -0.2) is 4.98 Å². The van der Waals surface area contributed by atoms with E-state index in [0.29, 0.717) is 30.6 Å². The summed E-state index contributed by atoms with van der Waals surface area (Å²) in [5.74, 6) is -0.619. The van der Waals surface area contributed by atoms with Gasteiger partial charge < -0.3 is 24.7 Å². The molecule has 7 heteroatoms. The number of nitrogens with zero attached hydrogens (tertiary/aromatic N) is 3. The number of aromatic hydroxyl groups is 1. The van der Waals surface area contributed by atoms with Crippen molar-refractivity contribution in [2.45, 2.75) is 19.0 Å². The fourth-order valence-corrected chi connectivity index (χ4v) is 4.34. The topological polar surface area (TPSA) is 94.4 Å². The monoisotopic (exact) mass is 414 g/mol. The van der Waals surface area contributed by atoms with Gasteiger partial charge in [0.25, 0.3) is 5.91 Å². The molecule has 7 nitrogen and oxygen atoms in total. The molecule has 0 radical (unpaired) electrons. The zero-order chi connectivity index (χ0) is 21.4. The van der Waals surface area contributed by atoms with E-state index in [4.69, 9.17) is 0 Å². The second kappa shape index (κ2) is 7.68. The highest BCUT2D eigenvalue weighted by Crippen LogP contribution is 2.47. The minimum Gasteiger partial charge on any atom is -0.508 e. The van der Waals surface area contributed by atoms with Crippen LogP contribution in [0.2, 0.25) is 0 Å². The van der Waals surface area contributed by atoms with Gasteiger partial charge in [-0.2, -0.15) is 0 Å². The molecule has 2 aromatic heterocycles. The van der Waals surface area contributed by atoms with E-state index < -0.39 is 11.9 Å². The van der Waals surface area contributed by atoms with E-state index in [1.165, 1.54) is 0 Å². The van der Waals surface area contributed by atoms with Crippen molar-refractivity contribution in [1.82, 2.24) is 19.4 Å². The number of carbonyl (C=O) groups excluding carboxylic acids is 1. The number of fused-ring (bicyclic) bond motifs is 1. The molecule has 5 rings (SSSR count). The summed E-state index contributed by atoms with van der Waals surface area (Å²) in [5.41, 5.74) is 2.76. The molecule has 0 bridgehead atoms. The number of imidazole rings is 1. The molecule has 31 heavy (non-hydrogen) atoms. The minimum atomic E-state index is -0.587. The Morgan fingerprint density at radius 1 is 1.03 bits per heavy atom. The van der Waals surface area contributed by atoms with Crippen molar-refractivity contribution in [2.24, 2.45) is 0 Å². The SMILES string of the molecule is O=C1C(O)=C(c2c[nH]c3ccccc23)C(c2ccccc2O)N1CCCn1ccnc1. The van der Waals surface area contributed by atoms with Crippen LogP contribution in [0, 0.1) is 0 Å². The summed E-state index contributed by atoms with van der Waals surface area (Å²) in [6.07, 6.45) is 7.82. The number of benzene rings is 2. The van der Waals surface area contributed by atoms with E-state index in [1.807, 2.05) is 47.3 Å². The van der Waals surface area contributed by atoms with Crippen LogP contribution >= 0.6 is 0 Å². The van der Waals surface area contributed by atoms with Gasteiger partial charge in [0.2, 0.25) is 0 Å². The third-order valence-electron chi connectivity index (χ3n) is 5.79. The predicted molar refractivity (Wildman–Crippen MR) is 117 cm³/mol. The Bertz CT molecular complexity index is 1270. The van der Waals surface area contributed by atoms with Crippen LogP contribution in [0.15, 0.2) is 79.2 Å². The Hall–Kier alpha value is -4.00. The van der Waals surface area contributed by atoms with Gasteiger partial charge in [-0.3, -0.25) is 4.79 Å². The molecule has 3 N–H and O–H groups in total. The molecule has 0 spiro atoms. The first-order chi connectivity index (χ1) is 15.1. The molecule has 1 aliphatic rings. The number of hydrogen-bond acceptors (Lipinski definition) is 4. The number of nitrogens with one attached hydrogen (secondary N) is 1. The molecule has 1 aliphatic heterocycles. The van der Waals surface area contributed by atoms with Gasteiger partial charge in [-0.05, 0) is 18.6 Å². The van der Waals surface area contributed by atoms with E-state index in [1.54, 1.807) is 35.6 Å². The van der Waals surface area contributed by atoms with Gasteiger partial charge in [-0.15, -0.1) is 0 Å². The lowest BCUT2D eigenvalue weighted by Gasteiger charge is -2.27. The average molecular weight is 414 g/mol. The van der Waals surface area contributed by atoms with E-state index in [9.17, 15) is 15.0 Å². The van der Waals surface area contributed by atoms with E-state index >= 15 is 0 Å². The van der Waals surface area contributed by atoms with Crippen LogP contribution in [-0.4, -0.2) is 42.1 Å². The number of hydrogen-bond donors (Lipinski definition) is 3. The first-order valence-electron chi connectivity index (χ1n) is 10.2. The summed E-state index contributed by atoms with van der Waals surface area (Å²) >= 11 is 0. The number of rotatable bonds is 6. The first-order valence-corrected chi connectivity index (χ1v) is 10.2. The Kier molecular flexibility index (Phi) is 4.71. The maximum absolute atomic E-state index is 13.1. The van der Waals surface area contributed by atoms with Crippen LogP contribution in [0.4, 0.5) is 0 Å². The molecule has 1 amide bonds. The number of H-pyrrole nitrogens is 1. The second-order valence-corrected chi connectivity index (χ2v) is 7.62. The Labute approximate surface area is 178 Å². The molecule has 0 fully saturated rings. The van der Waals surface area contributed by atoms with Crippen LogP contribution < -0.4 is 0 Å². The maximum atomic E-state index is 13.1. The van der Waals surface area contributed by atoms with Gasteiger partial charge in [0, 0.05) is 59.3 Å². The van der Waals surface area contributed by atoms with Crippen LogP contribution in [-0.2, 0) is 11.3 Å². The summed E-state index contributed by atoms with van der Waals surface area (Å²) in [5, 5.41) is 22.5. The highest BCUT2D eigenvalue weighted by atomic mass is 16.3. The van der Waals surface area contributed by atoms with E-state index in [-0.39, 0.29) is 11.5 Å². The Morgan fingerprint density at radius 3 is 2.65 bits per heavy atom. The van der Waals surface area contributed by atoms with Crippen LogP contribution in [0.3, 0.4) is 0 Å². The van der Waals surface area contributed by atoms with Crippen molar-refractivity contribution in [3.8, 4) is 5.75 Å². The number of para-hydroxylation sites is 2. The van der Waals surface area contributed by atoms with E-state index in [2.05, 4.69) is 9.97 Å². The standard InChI is InChI=1S/C24H22N4O3/c29-20-9-4-2-7-17(20)22-21(18-14-26-19-8-3-1-6-16(18)19)23(30)24(31)28(22)12-5-11-27-13-10-25-15-27/h1-4,6-10,13-15,22,26,29-30H,5,11-12H2. The number of phenols is 1. The number of aromatic amines is 1. The summed E-state index contributed by atoms with van der Waals surface area (Å²) < 4.78 is 1.95. The lowest BCUT2D eigenvalue weighted by molar-refractivity contribution is -0.129. The zero-order valence-electron chi connectivity index (χ0n) is 16.8. The first kappa shape index (κ1) is 19.0. The number of phenolic OH excluding ortho intramolecular Hbond substituents is 1. The highest BCUT2D eigenvalue weighted by molar-refractivity contribution is 6.09. The second-order valence-electron chi connectivity index (χ2n) is 7.62. The molecule has 0 aliphatic carbocycles. The number of aliphatic hydroxyl groups excluding tert-OH is 1. The van der Waals surface area contributed by atoms with Crippen LogP contribution in [0.25, 0.3) is 16.5 Å². The van der Waals surface area contributed by atoms with Crippen molar-refractivity contribution in [3.05, 3.63) is 90.3 Å². The Balaban J connectivity index is 1.56. The molecule has 1 unspecified atom stereocenters. The fraction of sp³-hybridized carbons (Fsp3) is 0.167. The third-order valence-corrected chi connectivity index (χ3v) is 5.79. The number of aryl methyl sites for hydroxylation is 1. The van der Waals surface area contributed by atoms with Crippen molar-refractivity contribution < 1.29 is 15.0 Å². The number of aliphatic hydroxyl groups is 1. The lowest BCUT2D eigenvalue weighted by atomic mass is 9.92. The van der Waals surface area contributed by atoms with Gasteiger partial charge in [0.1, 0.15) is 5.75 Å². The van der Waals surface area contributed by atoms with Gasteiger partial charge >= 0.3 is 0 Å². The zero-order valence-corrected chi connectivity index (χ0v) is 16.8. The number of carbonyl (C=O) groups is 1. The van der Waals surface area contributed by atoms with Gasteiger partial charge in [0.15, 0.2) is 5.76 Å². The highest BCUT2D eigenvalue weighted by Gasteiger charge is 2.42. The molecule has 0 saturated heterocycles. The average Bonchev–Trinajstić information content (AvgIpc) is 3.50. The van der Waals surface area contributed by atoms with Crippen molar-refractivity contribution >= 4 is 22.4 Å². The fourth-order valence-electron chi connectivity index (χ4n) is 4.34. The van der Waals surface area contributed by atoms with Crippen LogP contribution in [0.1, 0.15) is 23.6 Å². The summed E-state index contributed by atoms with van der Waals surface area (Å²) in [6, 6.07) is 14.1. The molecule has 0 saturated carbocycles. The molecular formula is C24H22N4O3. The molecule has 2 aromatic carbocycles. The normalized spacial score (nSPS) is 16.6. The largest absolute Gasteiger partial charge is 0.508 e. The van der Waals surface area contributed by atoms with Crippen LogP contribution in [0.5, 0.6) is 5.75 Å². The molecular weight excluding hydrogens is 392 g/mol. The summed E-state index contributed by atoms with van der Waals surface area (Å²) in [4.78, 5) is 22.0. The number of amides is 1. The smallest absolute Gasteiger partial charge is 0.289 e. The molecule has 156 valence electrons. The predicted octanol–water partition coefficient (Wildman–Crippen LogP) is 4.01. The maximum Gasteiger partial charge on any atom is 0.289 e. The van der Waals surface area contributed by atoms with E-state index in [0.717, 1.165) is 16.5 Å². The lowest BCUT2D eigenvalue weighted by Crippen LogP contribution is -2.31. The van der Waals surface area contributed by atoms with Gasteiger partial charge in [-0.1, -0.05) is 36.4 Å². The number of aromatic nitrogens is 3. The molecule has 1 atom stereocenters. The summed E-state index contributed by atoms with van der Waals surface area (Å²) in [6.45, 7) is 1.12. The van der Waals surface area contributed by atoms with Crippen molar-refractivity contribution in [3.63, 3.8) is 0 Å². The Morgan fingerprint density at radius 2 is 1.84 bits per heavy atom. The third kappa shape index (κ3) is 3.24. The van der Waals surface area contributed by atoms with Gasteiger partial charge in [0.05, 0.1) is 12.4 Å². The minimum absolute atomic E-state index is 0.0898.